The topological polar surface area (TPSA) is 82.1 Å². The summed E-state index contributed by atoms with van der Waals surface area (Å²) in [5.74, 6) is 0.744. The number of Topliss-reactive ketones (excluding diaryl/α,β-unsaturated/α-hetero) is 1. The molecule has 2 aromatic rings. The average Bonchev–Trinajstić information content (AvgIpc) is 2.89. The number of aryl methyl sites for hydroxylation is 1. The van der Waals surface area contributed by atoms with E-state index in [-0.39, 0.29) is 17.2 Å². The van der Waals surface area contributed by atoms with Gasteiger partial charge in [0.1, 0.15) is 5.78 Å². The third-order valence-corrected chi connectivity index (χ3v) is 6.50. The second-order valence-electron chi connectivity index (χ2n) is 9.28. The zero-order valence-electron chi connectivity index (χ0n) is 24.8. The lowest BCUT2D eigenvalue weighted by atomic mass is 9.88. The van der Waals surface area contributed by atoms with Crippen LogP contribution in [0.2, 0.25) is 0 Å². The summed E-state index contributed by atoms with van der Waals surface area (Å²) in [6.45, 7) is 21.4. The first-order valence-corrected chi connectivity index (χ1v) is 14.1. The standard InChI is InChI=1S/C19H23NOS.C9H19NO.C2H6.CH3N/c1-4-15-6-5-7-16(12-15)13-20-19(21)17-8-10-18(11-9-17)22-14(2)3;1-7(2)6-9(4,10-5)8(3)11;2*1-2/h5-12,14H,4,13H2,1-3H3,(H,20,21);7,10H,6H2,1-5H3;1-2H3;2H,1H2. The molecule has 0 saturated heterocycles. The largest absolute Gasteiger partial charge is 0.348 e. The van der Waals surface area contributed by atoms with Gasteiger partial charge in [-0.3, -0.25) is 9.59 Å². The minimum absolute atomic E-state index is 0.0250. The van der Waals surface area contributed by atoms with E-state index in [2.05, 4.69) is 64.1 Å². The van der Waals surface area contributed by atoms with Crippen molar-refractivity contribution < 1.29 is 9.59 Å². The van der Waals surface area contributed by atoms with Gasteiger partial charge in [-0.15, -0.1) is 11.8 Å². The number of carbonyl (C=O) groups excluding carboxylic acids is 2. The van der Waals surface area contributed by atoms with Crippen LogP contribution in [0.3, 0.4) is 0 Å². The molecule has 5 nitrogen and oxygen atoms in total. The van der Waals surface area contributed by atoms with Crippen molar-refractivity contribution in [3.05, 3.63) is 65.2 Å². The van der Waals surface area contributed by atoms with Crippen molar-refractivity contribution >= 4 is 30.2 Å². The number of likely N-dealkylation sites (N-methyl/N-ethyl adjacent to an activating group) is 1. The molecule has 37 heavy (non-hydrogen) atoms. The number of thioether (sulfide) groups is 1. The Balaban J connectivity index is 0. The molecular formula is C31H51N3O2S. The molecule has 3 N–H and O–H groups in total. The molecule has 0 bridgehead atoms. The van der Waals surface area contributed by atoms with Crippen LogP contribution in [0.4, 0.5) is 0 Å². The van der Waals surface area contributed by atoms with Crippen molar-refractivity contribution in [3.8, 4) is 0 Å². The van der Waals surface area contributed by atoms with E-state index in [0.717, 1.165) is 18.4 Å². The summed E-state index contributed by atoms with van der Waals surface area (Å²) in [5.41, 5.74) is 2.81. The van der Waals surface area contributed by atoms with E-state index in [0.29, 0.717) is 23.3 Å². The van der Waals surface area contributed by atoms with Gasteiger partial charge in [0.05, 0.1) is 5.54 Å². The van der Waals surface area contributed by atoms with Crippen LogP contribution < -0.4 is 10.6 Å². The Kier molecular flexibility index (Phi) is 20.4. The number of amides is 1. The van der Waals surface area contributed by atoms with Crippen LogP contribution in [-0.4, -0.2) is 36.2 Å². The smallest absolute Gasteiger partial charge is 0.251 e. The van der Waals surface area contributed by atoms with Crippen molar-refractivity contribution in [3.63, 3.8) is 0 Å². The van der Waals surface area contributed by atoms with Gasteiger partial charge in [-0.1, -0.05) is 72.7 Å². The summed E-state index contributed by atoms with van der Waals surface area (Å²) in [4.78, 5) is 24.6. The molecule has 0 aliphatic heterocycles. The Bertz CT molecular complexity index is 898. The van der Waals surface area contributed by atoms with Crippen molar-refractivity contribution in [2.75, 3.05) is 7.05 Å². The molecule has 0 saturated carbocycles. The highest BCUT2D eigenvalue weighted by molar-refractivity contribution is 7.99. The van der Waals surface area contributed by atoms with Gasteiger partial charge < -0.3 is 16.0 Å². The lowest BCUT2D eigenvalue weighted by Crippen LogP contribution is -2.47. The summed E-state index contributed by atoms with van der Waals surface area (Å²) in [6.07, 6.45) is 1.91. The van der Waals surface area contributed by atoms with Crippen molar-refractivity contribution in [2.45, 2.75) is 97.4 Å². The zero-order valence-corrected chi connectivity index (χ0v) is 25.6. The number of hydrogen-bond acceptors (Lipinski definition) is 5. The monoisotopic (exact) mass is 529 g/mol. The molecule has 1 atom stereocenters. The predicted octanol–water partition coefficient (Wildman–Crippen LogP) is 7.57. The minimum atomic E-state index is -0.325. The number of hydrogen-bond donors (Lipinski definition) is 3. The zero-order chi connectivity index (χ0) is 29.0. The first-order chi connectivity index (χ1) is 17.5. The van der Waals surface area contributed by atoms with Gasteiger partial charge in [0.2, 0.25) is 0 Å². The minimum Gasteiger partial charge on any atom is -0.348 e. The molecule has 2 aromatic carbocycles. The molecule has 0 aliphatic carbocycles. The van der Waals surface area contributed by atoms with Gasteiger partial charge in [-0.25, -0.2) is 0 Å². The van der Waals surface area contributed by atoms with Crippen molar-refractivity contribution in [1.29, 1.82) is 5.41 Å². The van der Waals surface area contributed by atoms with Crippen LogP contribution in [0.5, 0.6) is 0 Å². The summed E-state index contributed by atoms with van der Waals surface area (Å²) in [6, 6.07) is 16.1. The molecule has 0 heterocycles. The quantitative estimate of drug-likeness (QED) is 0.219. The number of nitrogens with one attached hydrogen (secondary N) is 3. The van der Waals surface area contributed by atoms with E-state index in [1.54, 1.807) is 18.7 Å². The molecule has 0 spiro atoms. The molecule has 6 heteroatoms. The van der Waals surface area contributed by atoms with Gasteiger partial charge in [0, 0.05) is 22.3 Å². The molecule has 0 aliphatic rings. The van der Waals surface area contributed by atoms with E-state index in [9.17, 15) is 9.59 Å². The summed E-state index contributed by atoms with van der Waals surface area (Å²) in [7, 11) is 1.84. The summed E-state index contributed by atoms with van der Waals surface area (Å²) < 4.78 is 0. The lowest BCUT2D eigenvalue weighted by molar-refractivity contribution is -0.123. The van der Waals surface area contributed by atoms with Gasteiger partial charge in [-0.05, 0) is 81.8 Å². The maximum absolute atomic E-state index is 12.2. The predicted molar refractivity (Wildman–Crippen MR) is 163 cm³/mol. The fourth-order valence-electron chi connectivity index (χ4n) is 3.44. The maximum atomic E-state index is 12.2. The Morgan fingerprint density at radius 2 is 1.54 bits per heavy atom. The second-order valence-corrected chi connectivity index (χ2v) is 10.9. The van der Waals surface area contributed by atoms with Gasteiger partial charge in [0.25, 0.3) is 5.91 Å². The maximum Gasteiger partial charge on any atom is 0.251 e. The molecule has 1 unspecified atom stereocenters. The Hall–Kier alpha value is -2.44. The fourth-order valence-corrected chi connectivity index (χ4v) is 4.28. The first kappa shape index (κ1) is 36.7. The Labute approximate surface area is 231 Å². The number of carbonyl (C=O) groups is 2. The summed E-state index contributed by atoms with van der Waals surface area (Å²) >= 11 is 1.80. The first-order valence-electron chi connectivity index (χ1n) is 13.2. The second kappa shape index (κ2) is 20.6. The normalized spacial score (nSPS) is 11.6. The van der Waals surface area contributed by atoms with Crippen LogP contribution >= 0.6 is 11.8 Å². The molecule has 0 radical (unpaired) electrons. The number of rotatable bonds is 10. The highest BCUT2D eigenvalue weighted by Gasteiger charge is 2.28. The van der Waals surface area contributed by atoms with Crippen molar-refractivity contribution in [2.24, 2.45) is 5.92 Å². The van der Waals surface area contributed by atoms with E-state index < -0.39 is 0 Å². The molecule has 0 aromatic heterocycles. The Morgan fingerprint density at radius 1 is 1.00 bits per heavy atom. The summed E-state index contributed by atoms with van der Waals surface area (Å²) in [5, 5.41) is 12.1. The van der Waals surface area contributed by atoms with Crippen LogP contribution in [0, 0.1) is 11.3 Å². The van der Waals surface area contributed by atoms with E-state index >= 15 is 0 Å². The highest BCUT2D eigenvalue weighted by atomic mass is 32.2. The third kappa shape index (κ3) is 15.4. The van der Waals surface area contributed by atoms with E-state index in [1.165, 1.54) is 10.5 Å². The van der Waals surface area contributed by atoms with Gasteiger partial charge >= 0.3 is 0 Å². The SMILES string of the molecule is C=N.CC.CCc1cccc(CNC(=O)c2ccc(SC(C)C)cc2)c1.CNC(C)(CC(C)C)C(C)=O. The van der Waals surface area contributed by atoms with Crippen LogP contribution in [0.15, 0.2) is 53.4 Å². The molecule has 208 valence electrons. The molecule has 0 fully saturated rings. The van der Waals surface area contributed by atoms with Crippen LogP contribution in [0.25, 0.3) is 0 Å². The lowest BCUT2D eigenvalue weighted by Gasteiger charge is -2.27. The van der Waals surface area contributed by atoms with E-state index in [1.807, 2.05) is 64.2 Å². The Morgan fingerprint density at radius 3 is 1.95 bits per heavy atom. The molecule has 2 rings (SSSR count). The van der Waals surface area contributed by atoms with E-state index in [4.69, 9.17) is 5.41 Å². The number of ketones is 1. The van der Waals surface area contributed by atoms with Crippen molar-refractivity contribution in [1.82, 2.24) is 10.6 Å². The van der Waals surface area contributed by atoms with Gasteiger partial charge in [-0.2, -0.15) is 0 Å². The van der Waals surface area contributed by atoms with Gasteiger partial charge in [0.15, 0.2) is 0 Å². The average molecular weight is 530 g/mol. The fraction of sp³-hybridized carbons (Fsp3) is 0.516. The van der Waals surface area contributed by atoms with Crippen LogP contribution in [-0.2, 0) is 17.8 Å². The number of benzene rings is 2. The van der Waals surface area contributed by atoms with Crippen LogP contribution in [0.1, 0.15) is 90.2 Å². The molecule has 1 amide bonds. The highest BCUT2D eigenvalue weighted by Crippen LogP contribution is 2.23. The molecular weight excluding hydrogens is 478 g/mol. The third-order valence-electron chi connectivity index (χ3n) is 5.49.